The van der Waals surface area contributed by atoms with Gasteiger partial charge in [0.1, 0.15) is 5.76 Å². The molecule has 1 N–H and O–H groups in total. The van der Waals surface area contributed by atoms with Crippen molar-refractivity contribution in [1.82, 2.24) is 10.2 Å². The first kappa shape index (κ1) is 15.7. The van der Waals surface area contributed by atoms with Gasteiger partial charge in [0.25, 0.3) is 0 Å². The zero-order valence-electron chi connectivity index (χ0n) is 11.8. The van der Waals surface area contributed by atoms with Gasteiger partial charge in [-0.15, -0.1) is 0 Å². The Morgan fingerprint density at radius 1 is 1.38 bits per heavy atom. The number of hydrogen-bond donors (Lipinski definition) is 1. The van der Waals surface area contributed by atoms with Gasteiger partial charge in [0.15, 0.2) is 0 Å². The van der Waals surface area contributed by atoms with Gasteiger partial charge in [-0.1, -0.05) is 29.3 Å². The highest BCUT2D eigenvalue weighted by molar-refractivity contribution is 6.35. The minimum Gasteiger partial charge on any atom is -0.467 e. The molecule has 6 heteroatoms. The molecule has 2 amide bonds. The van der Waals surface area contributed by atoms with Crippen molar-refractivity contribution in [1.29, 1.82) is 0 Å². The van der Waals surface area contributed by atoms with Crippen LogP contribution in [0.1, 0.15) is 24.3 Å². The first-order valence-electron chi connectivity index (χ1n) is 6.47. The highest BCUT2D eigenvalue weighted by Gasteiger charge is 2.19. The molecule has 21 heavy (non-hydrogen) atoms. The van der Waals surface area contributed by atoms with E-state index in [0.29, 0.717) is 22.4 Å². The summed E-state index contributed by atoms with van der Waals surface area (Å²) in [5.41, 5.74) is 0.844. The summed E-state index contributed by atoms with van der Waals surface area (Å²) in [4.78, 5) is 13.7. The highest BCUT2D eigenvalue weighted by atomic mass is 35.5. The van der Waals surface area contributed by atoms with Crippen LogP contribution in [0.2, 0.25) is 10.0 Å². The minimum absolute atomic E-state index is 0.175. The van der Waals surface area contributed by atoms with Crippen molar-refractivity contribution in [2.75, 3.05) is 7.05 Å². The Morgan fingerprint density at radius 3 is 2.76 bits per heavy atom. The smallest absolute Gasteiger partial charge is 0.318 e. The van der Waals surface area contributed by atoms with Crippen LogP contribution in [0.25, 0.3) is 0 Å². The van der Waals surface area contributed by atoms with Crippen LogP contribution in [-0.4, -0.2) is 18.0 Å². The predicted octanol–water partition coefficient (Wildman–Crippen LogP) is 4.49. The van der Waals surface area contributed by atoms with Crippen LogP contribution in [-0.2, 0) is 6.54 Å². The van der Waals surface area contributed by atoms with E-state index in [2.05, 4.69) is 5.32 Å². The number of halogens is 2. The van der Waals surface area contributed by atoms with Gasteiger partial charge in [0.2, 0.25) is 0 Å². The number of carbonyl (C=O) groups is 1. The molecule has 4 nitrogen and oxygen atoms in total. The summed E-state index contributed by atoms with van der Waals surface area (Å²) in [6.07, 6.45) is 1.57. The Bertz CT molecular complexity index is 614. The molecule has 1 aromatic carbocycles. The fraction of sp³-hybridized carbons (Fsp3) is 0.267. The number of amides is 2. The fourth-order valence-electron chi connectivity index (χ4n) is 1.93. The van der Waals surface area contributed by atoms with Gasteiger partial charge < -0.3 is 14.6 Å². The standard InChI is InChI=1S/C15H16Cl2N2O2/c1-10(13-6-5-11(16)8-14(13)17)19(2)15(20)18-9-12-4-3-7-21-12/h3-8,10H,9H2,1-2H3,(H,18,20). The zero-order chi connectivity index (χ0) is 15.4. The van der Waals surface area contributed by atoms with Crippen LogP contribution in [0.4, 0.5) is 4.79 Å². The average Bonchev–Trinajstić information content (AvgIpc) is 2.96. The molecule has 0 aliphatic carbocycles. The molecular formula is C15H16Cl2N2O2. The predicted molar refractivity (Wildman–Crippen MR) is 83.6 cm³/mol. The molecule has 2 aromatic rings. The molecule has 1 aromatic heterocycles. The first-order chi connectivity index (χ1) is 9.99. The molecule has 0 radical (unpaired) electrons. The van der Waals surface area contributed by atoms with E-state index in [-0.39, 0.29) is 12.1 Å². The Hall–Kier alpha value is -1.65. The Morgan fingerprint density at radius 2 is 2.14 bits per heavy atom. The maximum absolute atomic E-state index is 12.1. The Balaban J connectivity index is 2.00. The summed E-state index contributed by atoms with van der Waals surface area (Å²) in [5.74, 6) is 0.703. The van der Waals surface area contributed by atoms with E-state index in [4.69, 9.17) is 27.6 Å². The van der Waals surface area contributed by atoms with Crippen molar-refractivity contribution >= 4 is 29.2 Å². The molecule has 1 unspecified atom stereocenters. The molecule has 0 saturated carbocycles. The van der Waals surface area contributed by atoms with E-state index >= 15 is 0 Å². The van der Waals surface area contributed by atoms with Gasteiger partial charge in [0, 0.05) is 17.1 Å². The number of benzene rings is 1. The summed E-state index contributed by atoms with van der Waals surface area (Å²) in [6, 6.07) is 8.46. The molecule has 2 rings (SSSR count). The third-order valence-corrected chi connectivity index (χ3v) is 3.87. The number of carbonyl (C=O) groups excluding carboxylic acids is 1. The van der Waals surface area contributed by atoms with Crippen molar-refractivity contribution in [2.45, 2.75) is 19.5 Å². The third kappa shape index (κ3) is 3.93. The first-order valence-corrected chi connectivity index (χ1v) is 7.22. The summed E-state index contributed by atoms with van der Waals surface area (Å²) >= 11 is 12.1. The second kappa shape index (κ2) is 6.87. The van der Waals surface area contributed by atoms with E-state index < -0.39 is 0 Å². The lowest BCUT2D eigenvalue weighted by Gasteiger charge is -2.26. The molecule has 0 spiro atoms. The zero-order valence-corrected chi connectivity index (χ0v) is 13.3. The maximum atomic E-state index is 12.1. The van der Waals surface area contributed by atoms with Gasteiger partial charge in [-0.25, -0.2) is 4.79 Å². The SMILES string of the molecule is CC(c1ccc(Cl)cc1Cl)N(C)C(=O)NCc1ccco1. The van der Waals surface area contributed by atoms with Crippen molar-refractivity contribution in [3.05, 3.63) is 58.0 Å². The van der Waals surface area contributed by atoms with Crippen molar-refractivity contribution in [3.63, 3.8) is 0 Å². The summed E-state index contributed by atoms with van der Waals surface area (Å²) in [7, 11) is 1.72. The van der Waals surface area contributed by atoms with Crippen molar-refractivity contribution < 1.29 is 9.21 Å². The maximum Gasteiger partial charge on any atom is 0.318 e. The summed E-state index contributed by atoms with van der Waals surface area (Å²) in [5, 5.41) is 3.90. The van der Waals surface area contributed by atoms with E-state index in [1.54, 1.807) is 42.5 Å². The average molecular weight is 327 g/mol. The van der Waals surface area contributed by atoms with E-state index in [1.807, 2.05) is 13.0 Å². The molecule has 0 fully saturated rings. The van der Waals surface area contributed by atoms with Crippen molar-refractivity contribution in [3.8, 4) is 0 Å². The Kier molecular flexibility index (Phi) is 5.15. The fourth-order valence-corrected chi connectivity index (χ4v) is 2.49. The quantitative estimate of drug-likeness (QED) is 0.899. The van der Waals surface area contributed by atoms with Crippen LogP contribution in [0.3, 0.4) is 0 Å². The monoisotopic (exact) mass is 326 g/mol. The number of hydrogen-bond acceptors (Lipinski definition) is 2. The second-order valence-corrected chi connectivity index (χ2v) is 5.53. The Labute approximate surface area is 133 Å². The van der Waals surface area contributed by atoms with Crippen LogP contribution < -0.4 is 5.32 Å². The van der Waals surface area contributed by atoms with Crippen LogP contribution in [0.5, 0.6) is 0 Å². The molecule has 0 aliphatic rings. The number of urea groups is 1. The normalized spacial score (nSPS) is 12.0. The van der Waals surface area contributed by atoms with Gasteiger partial charge in [-0.05, 0) is 36.8 Å². The molecule has 0 aliphatic heterocycles. The van der Waals surface area contributed by atoms with Gasteiger partial charge in [-0.3, -0.25) is 0 Å². The van der Waals surface area contributed by atoms with Gasteiger partial charge in [0.05, 0.1) is 18.8 Å². The highest BCUT2D eigenvalue weighted by Crippen LogP contribution is 2.29. The molecule has 112 valence electrons. The minimum atomic E-state index is -0.204. The van der Waals surface area contributed by atoms with Crippen LogP contribution >= 0.6 is 23.2 Å². The third-order valence-electron chi connectivity index (χ3n) is 3.31. The molecule has 0 saturated heterocycles. The lowest BCUT2D eigenvalue weighted by molar-refractivity contribution is 0.193. The largest absolute Gasteiger partial charge is 0.467 e. The van der Waals surface area contributed by atoms with Crippen LogP contribution in [0.15, 0.2) is 41.0 Å². The molecule has 1 heterocycles. The summed E-state index contributed by atoms with van der Waals surface area (Å²) < 4.78 is 5.17. The van der Waals surface area contributed by atoms with Gasteiger partial charge in [-0.2, -0.15) is 0 Å². The molecule has 0 bridgehead atoms. The van der Waals surface area contributed by atoms with Crippen LogP contribution in [0, 0.1) is 0 Å². The number of nitrogens with one attached hydrogen (secondary N) is 1. The lowest BCUT2D eigenvalue weighted by atomic mass is 10.1. The number of rotatable bonds is 4. The molecule has 1 atom stereocenters. The molecular weight excluding hydrogens is 311 g/mol. The van der Waals surface area contributed by atoms with E-state index in [1.165, 1.54) is 0 Å². The van der Waals surface area contributed by atoms with E-state index in [0.717, 1.165) is 5.56 Å². The summed E-state index contributed by atoms with van der Waals surface area (Å²) in [6.45, 7) is 2.25. The topological polar surface area (TPSA) is 45.5 Å². The lowest BCUT2D eigenvalue weighted by Crippen LogP contribution is -2.38. The van der Waals surface area contributed by atoms with Gasteiger partial charge >= 0.3 is 6.03 Å². The van der Waals surface area contributed by atoms with E-state index in [9.17, 15) is 4.79 Å². The second-order valence-electron chi connectivity index (χ2n) is 4.69. The number of furan rings is 1. The van der Waals surface area contributed by atoms with Crippen molar-refractivity contribution in [2.24, 2.45) is 0 Å². The number of nitrogens with zero attached hydrogens (tertiary/aromatic N) is 1.